The second kappa shape index (κ2) is 5.68. The van der Waals surface area contributed by atoms with Crippen molar-refractivity contribution < 1.29 is 0 Å². The number of aryl methyl sites for hydroxylation is 1. The quantitative estimate of drug-likeness (QED) is 0.317. The van der Waals surface area contributed by atoms with Crippen molar-refractivity contribution in [1.29, 1.82) is 0 Å². The standard InChI is InChI=1S/C13H20N4/c1-2-10-3-5-11(6-4-10)9-15-13(17-14)16-12-7-8-12/h3-6,12H,2,7-9,14H2,1H3,(H2,15,16,17). The van der Waals surface area contributed by atoms with Crippen LogP contribution in [0.4, 0.5) is 0 Å². The molecule has 1 fully saturated rings. The number of guanidine groups is 1. The third kappa shape index (κ3) is 3.75. The maximum absolute atomic E-state index is 5.42. The Hall–Kier alpha value is -1.55. The van der Waals surface area contributed by atoms with Crippen LogP contribution in [0.2, 0.25) is 0 Å². The largest absolute Gasteiger partial charge is 0.353 e. The maximum Gasteiger partial charge on any atom is 0.206 e. The minimum Gasteiger partial charge on any atom is -0.353 e. The van der Waals surface area contributed by atoms with Gasteiger partial charge in [-0.05, 0) is 30.4 Å². The predicted octanol–water partition coefficient (Wildman–Crippen LogP) is 1.32. The van der Waals surface area contributed by atoms with Crippen LogP contribution in [0.25, 0.3) is 0 Å². The van der Waals surface area contributed by atoms with Gasteiger partial charge in [0.15, 0.2) is 0 Å². The normalized spacial score (nSPS) is 15.8. The number of nitrogens with one attached hydrogen (secondary N) is 2. The highest BCUT2D eigenvalue weighted by Gasteiger charge is 2.21. The molecule has 1 aliphatic carbocycles. The molecule has 0 unspecified atom stereocenters. The van der Waals surface area contributed by atoms with E-state index < -0.39 is 0 Å². The summed E-state index contributed by atoms with van der Waals surface area (Å²) in [6, 6.07) is 9.09. The summed E-state index contributed by atoms with van der Waals surface area (Å²) in [6.45, 7) is 2.81. The molecule has 1 aliphatic rings. The maximum atomic E-state index is 5.42. The van der Waals surface area contributed by atoms with E-state index in [1.807, 2.05) is 0 Å². The highest BCUT2D eigenvalue weighted by atomic mass is 15.3. The lowest BCUT2D eigenvalue weighted by atomic mass is 10.1. The van der Waals surface area contributed by atoms with Crippen LogP contribution in [0, 0.1) is 0 Å². The van der Waals surface area contributed by atoms with Gasteiger partial charge in [0.05, 0.1) is 6.54 Å². The average Bonchev–Trinajstić information content (AvgIpc) is 3.19. The van der Waals surface area contributed by atoms with Gasteiger partial charge in [-0.1, -0.05) is 31.2 Å². The summed E-state index contributed by atoms with van der Waals surface area (Å²) < 4.78 is 0. The molecule has 0 radical (unpaired) electrons. The van der Waals surface area contributed by atoms with Crippen molar-refractivity contribution in [2.45, 2.75) is 38.8 Å². The number of benzene rings is 1. The molecule has 0 bridgehead atoms. The van der Waals surface area contributed by atoms with Crippen LogP contribution in [0.15, 0.2) is 29.3 Å². The Kier molecular flexibility index (Phi) is 3.98. The molecule has 0 aliphatic heterocycles. The zero-order chi connectivity index (χ0) is 12.1. The summed E-state index contributed by atoms with van der Waals surface area (Å²) >= 11 is 0. The molecular formula is C13H20N4. The van der Waals surface area contributed by atoms with Gasteiger partial charge in [0.25, 0.3) is 0 Å². The molecule has 0 atom stereocenters. The molecule has 2 rings (SSSR count). The highest BCUT2D eigenvalue weighted by molar-refractivity contribution is 5.79. The van der Waals surface area contributed by atoms with E-state index in [-0.39, 0.29) is 0 Å². The van der Waals surface area contributed by atoms with E-state index in [9.17, 15) is 0 Å². The van der Waals surface area contributed by atoms with Gasteiger partial charge in [-0.25, -0.2) is 10.8 Å². The topological polar surface area (TPSA) is 62.4 Å². The first-order valence-corrected chi connectivity index (χ1v) is 6.17. The molecule has 17 heavy (non-hydrogen) atoms. The molecule has 4 heteroatoms. The van der Waals surface area contributed by atoms with Crippen molar-refractivity contribution >= 4 is 5.96 Å². The number of aliphatic imine (C=N–C) groups is 1. The third-order valence-electron chi connectivity index (χ3n) is 2.91. The van der Waals surface area contributed by atoms with Crippen molar-refractivity contribution in [3.8, 4) is 0 Å². The van der Waals surface area contributed by atoms with Crippen molar-refractivity contribution in [2.75, 3.05) is 0 Å². The fourth-order valence-electron chi connectivity index (χ4n) is 1.60. The van der Waals surface area contributed by atoms with Crippen LogP contribution < -0.4 is 16.6 Å². The summed E-state index contributed by atoms with van der Waals surface area (Å²) in [7, 11) is 0. The van der Waals surface area contributed by atoms with Crippen LogP contribution in [0.3, 0.4) is 0 Å². The molecule has 0 aromatic heterocycles. The Balaban J connectivity index is 1.91. The van der Waals surface area contributed by atoms with Crippen molar-refractivity contribution in [3.63, 3.8) is 0 Å². The summed E-state index contributed by atoms with van der Waals surface area (Å²) in [5.41, 5.74) is 5.16. The fourth-order valence-corrected chi connectivity index (χ4v) is 1.60. The molecule has 0 amide bonds. The summed E-state index contributed by atoms with van der Waals surface area (Å²) in [6.07, 6.45) is 3.50. The van der Waals surface area contributed by atoms with E-state index in [1.165, 1.54) is 24.0 Å². The lowest BCUT2D eigenvalue weighted by Crippen LogP contribution is -2.42. The van der Waals surface area contributed by atoms with Gasteiger partial charge in [-0.15, -0.1) is 0 Å². The summed E-state index contributed by atoms with van der Waals surface area (Å²) in [4.78, 5) is 4.42. The average molecular weight is 232 g/mol. The van der Waals surface area contributed by atoms with Gasteiger partial charge in [0.2, 0.25) is 5.96 Å². The van der Waals surface area contributed by atoms with Crippen molar-refractivity contribution in [1.82, 2.24) is 10.7 Å². The molecule has 1 saturated carbocycles. The van der Waals surface area contributed by atoms with Crippen LogP contribution >= 0.6 is 0 Å². The smallest absolute Gasteiger partial charge is 0.206 e. The highest BCUT2D eigenvalue weighted by Crippen LogP contribution is 2.18. The first-order valence-electron chi connectivity index (χ1n) is 6.17. The second-order valence-corrected chi connectivity index (χ2v) is 4.40. The van der Waals surface area contributed by atoms with Crippen molar-refractivity contribution in [3.05, 3.63) is 35.4 Å². The zero-order valence-electron chi connectivity index (χ0n) is 10.2. The Bertz CT molecular complexity index is 379. The monoisotopic (exact) mass is 232 g/mol. The Morgan fingerprint density at radius 1 is 1.29 bits per heavy atom. The Labute approximate surface area is 102 Å². The van der Waals surface area contributed by atoms with Gasteiger partial charge < -0.3 is 5.32 Å². The van der Waals surface area contributed by atoms with Crippen LogP contribution in [0.1, 0.15) is 30.9 Å². The molecule has 1 aromatic carbocycles. The van der Waals surface area contributed by atoms with Crippen LogP contribution in [0.5, 0.6) is 0 Å². The van der Waals surface area contributed by atoms with E-state index in [1.54, 1.807) is 0 Å². The first-order chi connectivity index (χ1) is 8.31. The van der Waals surface area contributed by atoms with Crippen LogP contribution in [-0.2, 0) is 13.0 Å². The second-order valence-electron chi connectivity index (χ2n) is 4.40. The molecule has 92 valence electrons. The van der Waals surface area contributed by atoms with E-state index in [0.29, 0.717) is 18.5 Å². The molecular weight excluding hydrogens is 212 g/mol. The van der Waals surface area contributed by atoms with Crippen LogP contribution in [-0.4, -0.2) is 12.0 Å². The van der Waals surface area contributed by atoms with E-state index in [4.69, 9.17) is 5.84 Å². The third-order valence-corrected chi connectivity index (χ3v) is 2.91. The summed E-state index contributed by atoms with van der Waals surface area (Å²) in [5, 5.41) is 3.25. The minimum atomic E-state index is 0.562. The van der Waals surface area contributed by atoms with E-state index >= 15 is 0 Å². The molecule has 1 aromatic rings. The fraction of sp³-hybridized carbons (Fsp3) is 0.462. The lowest BCUT2D eigenvalue weighted by molar-refractivity contribution is 0.821. The van der Waals surface area contributed by atoms with Crippen molar-refractivity contribution in [2.24, 2.45) is 10.8 Å². The predicted molar refractivity (Wildman–Crippen MR) is 70.4 cm³/mol. The molecule has 0 heterocycles. The number of nitrogens with zero attached hydrogens (tertiary/aromatic N) is 1. The van der Waals surface area contributed by atoms with E-state index in [2.05, 4.69) is 46.9 Å². The molecule has 0 saturated heterocycles. The number of nitrogens with two attached hydrogens (primary N) is 1. The Morgan fingerprint density at radius 2 is 1.94 bits per heavy atom. The first kappa shape index (κ1) is 11.9. The van der Waals surface area contributed by atoms with Gasteiger partial charge >= 0.3 is 0 Å². The minimum absolute atomic E-state index is 0.562. The zero-order valence-corrected chi connectivity index (χ0v) is 10.2. The number of rotatable bonds is 4. The van der Waals surface area contributed by atoms with Gasteiger partial charge in [-0.2, -0.15) is 0 Å². The Morgan fingerprint density at radius 3 is 2.47 bits per heavy atom. The van der Waals surface area contributed by atoms with Gasteiger partial charge in [-0.3, -0.25) is 5.43 Å². The van der Waals surface area contributed by atoms with Gasteiger partial charge in [0, 0.05) is 6.04 Å². The molecule has 0 spiro atoms. The number of hydrogen-bond donors (Lipinski definition) is 3. The van der Waals surface area contributed by atoms with E-state index in [0.717, 1.165) is 6.42 Å². The number of hydrazine groups is 1. The molecule has 4 N–H and O–H groups in total. The number of hydrogen-bond acceptors (Lipinski definition) is 2. The SMILES string of the molecule is CCc1ccc(CN=C(NN)NC2CC2)cc1. The summed E-state index contributed by atoms with van der Waals surface area (Å²) in [5.74, 6) is 6.10. The molecule has 4 nitrogen and oxygen atoms in total. The lowest BCUT2D eigenvalue weighted by Gasteiger charge is -2.07. The van der Waals surface area contributed by atoms with Gasteiger partial charge in [0.1, 0.15) is 0 Å².